The van der Waals surface area contributed by atoms with Crippen molar-refractivity contribution in [1.29, 1.82) is 0 Å². The minimum absolute atomic E-state index is 0.286. The van der Waals surface area contributed by atoms with E-state index in [4.69, 9.17) is 0 Å². The zero-order valence-corrected chi connectivity index (χ0v) is 7.76. The monoisotopic (exact) mass is 199 g/mol. The van der Waals surface area contributed by atoms with Gasteiger partial charge in [0.15, 0.2) is 0 Å². The van der Waals surface area contributed by atoms with Gasteiger partial charge in [-0.25, -0.2) is 8.78 Å². The number of benzene rings is 1. The fraction of sp³-hybridized carbons (Fsp3) is 0.300. The number of nitrogens with one attached hydrogen (secondary N) is 1. The Balaban J connectivity index is 2.80. The molecule has 0 amide bonds. The molecule has 1 unspecified atom stereocenters. The van der Waals surface area contributed by atoms with E-state index in [-0.39, 0.29) is 6.42 Å². The van der Waals surface area contributed by atoms with Gasteiger partial charge >= 0.3 is 0 Å². The molecule has 1 rings (SSSR count). The summed E-state index contributed by atoms with van der Waals surface area (Å²) in [6.45, 7) is 0. The summed E-state index contributed by atoms with van der Waals surface area (Å²) in [5.41, 5.74) is 0.467. The summed E-state index contributed by atoms with van der Waals surface area (Å²) in [5, 5.41) is 2.73. The first-order valence-corrected chi connectivity index (χ1v) is 4.23. The summed E-state index contributed by atoms with van der Waals surface area (Å²) in [4.78, 5) is 10.5. The second kappa shape index (κ2) is 4.81. The van der Waals surface area contributed by atoms with Crippen molar-refractivity contribution < 1.29 is 13.6 Å². The fourth-order valence-electron chi connectivity index (χ4n) is 1.20. The van der Waals surface area contributed by atoms with Crippen molar-refractivity contribution in [3.63, 3.8) is 0 Å². The van der Waals surface area contributed by atoms with Gasteiger partial charge in [-0.05, 0) is 31.2 Å². The van der Waals surface area contributed by atoms with E-state index in [1.807, 2.05) is 0 Å². The van der Waals surface area contributed by atoms with Gasteiger partial charge in [-0.1, -0.05) is 0 Å². The molecular formula is C10H11F2NO. The Morgan fingerprint density at radius 2 is 1.93 bits per heavy atom. The number of halogens is 2. The first kappa shape index (κ1) is 10.8. The minimum atomic E-state index is -0.624. The molecule has 0 spiro atoms. The Hall–Kier alpha value is -1.29. The number of rotatable bonds is 4. The van der Waals surface area contributed by atoms with Crippen LogP contribution in [0.2, 0.25) is 0 Å². The van der Waals surface area contributed by atoms with E-state index in [9.17, 15) is 13.6 Å². The molecule has 0 aliphatic carbocycles. The highest BCUT2D eigenvalue weighted by molar-refractivity contribution is 5.58. The van der Waals surface area contributed by atoms with Gasteiger partial charge in [-0.3, -0.25) is 0 Å². The molecule has 1 aromatic rings. The van der Waals surface area contributed by atoms with E-state index in [1.54, 1.807) is 7.05 Å². The van der Waals surface area contributed by atoms with Crippen molar-refractivity contribution in [2.45, 2.75) is 12.5 Å². The third-order valence-electron chi connectivity index (χ3n) is 1.91. The molecule has 2 nitrogen and oxygen atoms in total. The normalized spacial score (nSPS) is 12.5. The third-order valence-corrected chi connectivity index (χ3v) is 1.91. The van der Waals surface area contributed by atoms with Gasteiger partial charge in [-0.15, -0.1) is 0 Å². The SMILES string of the molecule is CNC(C=O)Cc1cc(F)cc(F)c1. The molecular weight excluding hydrogens is 188 g/mol. The molecule has 0 heterocycles. The maximum absolute atomic E-state index is 12.7. The first-order chi connectivity index (χ1) is 6.65. The number of hydrogen-bond acceptors (Lipinski definition) is 2. The smallest absolute Gasteiger partial charge is 0.137 e. The summed E-state index contributed by atoms with van der Waals surface area (Å²) in [6.07, 6.45) is 0.998. The van der Waals surface area contributed by atoms with E-state index in [2.05, 4.69) is 5.32 Å². The Bertz CT molecular complexity index is 308. The quantitative estimate of drug-likeness (QED) is 0.740. The number of likely N-dealkylation sites (N-methyl/N-ethyl adjacent to an activating group) is 1. The molecule has 1 aromatic carbocycles. The number of carbonyl (C=O) groups excluding carboxylic acids is 1. The highest BCUT2D eigenvalue weighted by Gasteiger charge is 2.07. The van der Waals surface area contributed by atoms with Crippen LogP contribution in [0, 0.1) is 11.6 Å². The van der Waals surface area contributed by atoms with E-state index in [0.717, 1.165) is 6.07 Å². The molecule has 0 aromatic heterocycles. The van der Waals surface area contributed by atoms with Crippen LogP contribution in [0.15, 0.2) is 18.2 Å². The molecule has 0 bridgehead atoms. The van der Waals surface area contributed by atoms with Crippen molar-refractivity contribution >= 4 is 6.29 Å². The average Bonchev–Trinajstić information content (AvgIpc) is 2.12. The lowest BCUT2D eigenvalue weighted by molar-refractivity contribution is -0.109. The highest BCUT2D eigenvalue weighted by atomic mass is 19.1. The topological polar surface area (TPSA) is 29.1 Å². The maximum atomic E-state index is 12.7. The molecule has 1 N–H and O–H groups in total. The summed E-state index contributed by atoms with van der Waals surface area (Å²) in [5.74, 6) is -1.25. The molecule has 0 saturated carbocycles. The summed E-state index contributed by atoms with van der Waals surface area (Å²) in [6, 6.07) is 2.84. The van der Waals surface area contributed by atoms with Gasteiger partial charge in [-0.2, -0.15) is 0 Å². The zero-order chi connectivity index (χ0) is 10.6. The highest BCUT2D eigenvalue weighted by Crippen LogP contribution is 2.09. The van der Waals surface area contributed by atoms with Gasteiger partial charge in [0.2, 0.25) is 0 Å². The van der Waals surface area contributed by atoms with Crippen molar-refractivity contribution in [2.75, 3.05) is 7.05 Å². The number of aldehydes is 1. The van der Waals surface area contributed by atoms with Crippen molar-refractivity contribution in [2.24, 2.45) is 0 Å². The van der Waals surface area contributed by atoms with Crippen molar-refractivity contribution in [1.82, 2.24) is 5.32 Å². The van der Waals surface area contributed by atoms with Crippen LogP contribution < -0.4 is 5.32 Å². The number of carbonyl (C=O) groups is 1. The molecule has 4 heteroatoms. The van der Waals surface area contributed by atoms with E-state index in [1.165, 1.54) is 12.1 Å². The molecule has 0 radical (unpaired) electrons. The second-order valence-corrected chi connectivity index (χ2v) is 3.01. The average molecular weight is 199 g/mol. The Morgan fingerprint density at radius 3 is 2.36 bits per heavy atom. The molecule has 76 valence electrons. The van der Waals surface area contributed by atoms with Gasteiger partial charge in [0.25, 0.3) is 0 Å². The maximum Gasteiger partial charge on any atom is 0.137 e. The minimum Gasteiger partial charge on any atom is -0.311 e. The van der Waals surface area contributed by atoms with Crippen LogP contribution in [0.3, 0.4) is 0 Å². The zero-order valence-electron chi connectivity index (χ0n) is 7.76. The van der Waals surface area contributed by atoms with Crippen LogP contribution in [-0.4, -0.2) is 19.4 Å². The standard InChI is InChI=1S/C10H11F2NO/c1-13-10(6-14)4-7-2-8(11)5-9(12)3-7/h2-3,5-6,10,13H,4H2,1H3. The van der Waals surface area contributed by atoms with E-state index < -0.39 is 17.7 Å². The van der Waals surface area contributed by atoms with Crippen LogP contribution in [0.5, 0.6) is 0 Å². The van der Waals surface area contributed by atoms with Crippen LogP contribution in [-0.2, 0) is 11.2 Å². The van der Waals surface area contributed by atoms with Crippen LogP contribution in [0.4, 0.5) is 8.78 Å². The van der Waals surface area contributed by atoms with Gasteiger partial charge in [0.1, 0.15) is 17.9 Å². The Labute approximate surface area is 80.9 Å². The molecule has 0 saturated heterocycles. The molecule has 1 atom stereocenters. The van der Waals surface area contributed by atoms with Crippen LogP contribution in [0.1, 0.15) is 5.56 Å². The van der Waals surface area contributed by atoms with Gasteiger partial charge < -0.3 is 10.1 Å². The lowest BCUT2D eigenvalue weighted by atomic mass is 10.1. The molecule has 0 aliphatic heterocycles. The predicted octanol–water partition coefficient (Wildman–Crippen LogP) is 1.29. The fourth-order valence-corrected chi connectivity index (χ4v) is 1.20. The predicted molar refractivity (Wildman–Crippen MR) is 49.0 cm³/mol. The third kappa shape index (κ3) is 2.88. The summed E-state index contributed by atoms with van der Waals surface area (Å²) in [7, 11) is 1.62. The Kier molecular flexibility index (Phi) is 3.71. The lowest BCUT2D eigenvalue weighted by Gasteiger charge is -2.08. The van der Waals surface area contributed by atoms with E-state index >= 15 is 0 Å². The first-order valence-electron chi connectivity index (χ1n) is 4.23. The Morgan fingerprint density at radius 1 is 1.36 bits per heavy atom. The van der Waals surface area contributed by atoms with Crippen molar-refractivity contribution in [3.8, 4) is 0 Å². The van der Waals surface area contributed by atoms with Gasteiger partial charge in [0, 0.05) is 6.07 Å². The van der Waals surface area contributed by atoms with E-state index in [0.29, 0.717) is 11.8 Å². The molecule has 14 heavy (non-hydrogen) atoms. The van der Waals surface area contributed by atoms with Crippen molar-refractivity contribution in [3.05, 3.63) is 35.4 Å². The molecule has 0 aliphatic rings. The van der Waals surface area contributed by atoms with Crippen LogP contribution in [0.25, 0.3) is 0 Å². The van der Waals surface area contributed by atoms with Crippen LogP contribution >= 0.6 is 0 Å². The lowest BCUT2D eigenvalue weighted by Crippen LogP contribution is -2.28. The second-order valence-electron chi connectivity index (χ2n) is 3.01. The summed E-state index contributed by atoms with van der Waals surface area (Å²) < 4.78 is 25.5. The van der Waals surface area contributed by atoms with Gasteiger partial charge in [0.05, 0.1) is 6.04 Å². The largest absolute Gasteiger partial charge is 0.311 e. The summed E-state index contributed by atoms with van der Waals surface area (Å²) >= 11 is 0. The molecule has 0 fully saturated rings. The number of hydrogen-bond donors (Lipinski definition) is 1.